The zero-order chi connectivity index (χ0) is 16.2. The van der Waals surface area contributed by atoms with Crippen molar-refractivity contribution in [2.75, 3.05) is 13.7 Å². The molecule has 1 atom stereocenters. The van der Waals surface area contributed by atoms with Crippen molar-refractivity contribution in [2.45, 2.75) is 32.2 Å². The van der Waals surface area contributed by atoms with Crippen molar-refractivity contribution in [1.82, 2.24) is 25.5 Å². The molecule has 7 nitrogen and oxygen atoms in total. The number of amides is 1. The second kappa shape index (κ2) is 6.76. The summed E-state index contributed by atoms with van der Waals surface area (Å²) < 4.78 is 6.84. The topological polar surface area (TPSA) is 81.9 Å². The van der Waals surface area contributed by atoms with Crippen molar-refractivity contribution in [1.29, 1.82) is 0 Å². The van der Waals surface area contributed by atoms with E-state index < -0.39 is 6.04 Å². The third-order valence-electron chi connectivity index (χ3n) is 4.08. The quantitative estimate of drug-likeness (QED) is 0.833. The van der Waals surface area contributed by atoms with E-state index in [1.54, 1.807) is 18.7 Å². The molecule has 1 amide bonds. The molecule has 0 aliphatic heterocycles. The fraction of sp³-hybridized carbons (Fsp3) is 0.500. The number of carbonyl (C=O) groups excluding carboxylic acids is 1. The van der Waals surface area contributed by atoms with Crippen LogP contribution >= 0.6 is 0 Å². The maximum atomic E-state index is 12.6. The standard InChI is InChI=1S/C16H21N5O2/c1-11-18-19-20-21(11)15(16(22)17-10-12-6-7-12)9-13-4-3-5-14(8-13)23-2/h3-5,8,12,15H,6-7,9-10H2,1-2H3,(H,17,22)/t15-/m0/s1. The van der Waals surface area contributed by atoms with Crippen LogP contribution in [0.25, 0.3) is 0 Å². The molecule has 0 bridgehead atoms. The maximum Gasteiger partial charge on any atom is 0.245 e. The van der Waals surface area contributed by atoms with Crippen LogP contribution in [-0.4, -0.2) is 39.8 Å². The van der Waals surface area contributed by atoms with Gasteiger partial charge in [-0.1, -0.05) is 12.1 Å². The van der Waals surface area contributed by atoms with Crippen LogP contribution in [0.1, 0.15) is 30.3 Å². The van der Waals surface area contributed by atoms with Crippen molar-refractivity contribution in [2.24, 2.45) is 5.92 Å². The van der Waals surface area contributed by atoms with Crippen LogP contribution in [0.15, 0.2) is 24.3 Å². The second-order valence-electron chi connectivity index (χ2n) is 5.93. The fourth-order valence-electron chi connectivity index (χ4n) is 2.52. The van der Waals surface area contributed by atoms with Gasteiger partial charge in [0, 0.05) is 13.0 Å². The minimum Gasteiger partial charge on any atom is -0.497 e. The number of aryl methyl sites for hydroxylation is 1. The van der Waals surface area contributed by atoms with Crippen LogP contribution in [0.4, 0.5) is 0 Å². The van der Waals surface area contributed by atoms with E-state index >= 15 is 0 Å². The largest absolute Gasteiger partial charge is 0.497 e. The van der Waals surface area contributed by atoms with Gasteiger partial charge in [-0.3, -0.25) is 4.79 Å². The lowest BCUT2D eigenvalue weighted by Crippen LogP contribution is -2.36. The third-order valence-corrected chi connectivity index (χ3v) is 4.08. The summed E-state index contributed by atoms with van der Waals surface area (Å²) >= 11 is 0. The molecule has 3 rings (SSSR count). The SMILES string of the molecule is COc1cccc(C[C@@H](C(=O)NCC2CC2)n2nnnc2C)c1. The number of hydrogen-bond donors (Lipinski definition) is 1. The minimum atomic E-state index is -0.462. The predicted octanol–water partition coefficient (Wildman–Crippen LogP) is 1.30. The summed E-state index contributed by atoms with van der Waals surface area (Å²) in [5.41, 5.74) is 1.01. The number of rotatable bonds is 7. The molecule has 1 aromatic carbocycles. The molecule has 2 aromatic rings. The first-order valence-corrected chi connectivity index (χ1v) is 7.82. The number of aromatic nitrogens is 4. The molecule has 1 aromatic heterocycles. The number of methoxy groups -OCH3 is 1. The van der Waals surface area contributed by atoms with Crippen molar-refractivity contribution in [3.05, 3.63) is 35.7 Å². The lowest BCUT2D eigenvalue weighted by atomic mass is 10.0. The van der Waals surface area contributed by atoms with Crippen LogP contribution in [-0.2, 0) is 11.2 Å². The molecule has 1 saturated carbocycles. The zero-order valence-corrected chi connectivity index (χ0v) is 13.4. The smallest absolute Gasteiger partial charge is 0.245 e. The van der Waals surface area contributed by atoms with Crippen LogP contribution in [0.5, 0.6) is 5.75 Å². The lowest BCUT2D eigenvalue weighted by molar-refractivity contribution is -0.124. The average molecular weight is 315 g/mol. The molecule has 1 fully saturated rings. The van der Waals surface area contributed by atoms with Crippen LogP contribution in [0.3, 0.4) is 0 Å². The number of carbonyl (C=O) groups is 1. The first-order valence-electron chi connectivity index (χ1n) is 7.82. The Labute approximate surface area is 135 Å². The van der Waals surface area contributed by atoms with E-state index in [4.69, 9.17) is 4.74 Å². The Morgan fingerprint density at radius 2 is 2.30 bits per heavy atom. The van der Waals surface area contributed by atoms with Gasteiger partial charge < -0.3 is 10.1 Å². The zero-order valence-electron chi connectivity index (χ0n) is 13.4. The summed E-state index contributed by atoms with van der Waals surface area (Å²) in [6.07, 6.45) is 2.91. The van der Waals surface area contributed by atoms with E-state index in [2.05, 4.69) is 20.8 Å². The number of nitrogens with zero attached hydrogens (tertiary/aromatic N) is 4. The second-order valence-corrected chi connectivity index (χ2v) is 5.93. The number of hydrogen-bond acceptors (Lipinski definition) is 5. The monoisotopic (exact) mass is 315 g/mol. The summed E-state index contributed by atoms with van der Waals surface area (Å²) in [5.74, 6) is 1.98. The third kappa shape index (κ3) is 3.85. The van der Waals surface area contributed by atoms with Crippen LogP contribution < -0.4 is 10.1 Å². The Kier molecular flexibility index (Phi) is 4.55. The molecule has 0 saturated heterocycles. The van der Waals surface area contributed by atoms with Gasteiger partial charge in [-0.25, -0.2) is 4.68 Å². The van der Waals surface area contributed by atoms with E-state index in [9.17, 15) is 4.79 Å². The fourth-order valence-corrected chi connectivity index (χ4v) is 2.52. The molecule has 7 heteroatoms. The lowest BCUT2D eigenvalue weighted by Gasteiger charge is -2.18. The Bertz CT molecular complexity index is 681. The summed E-state index contributed by atoms with van der Waals surface area (Å²) in [6, 6.07) is 7.24. The van der Waals surface area contributed by atoms with Crippen LogP contribution in [0, 0.1) is 12.8 Å². The Hall–Kier alpha value is -2.44. The molecular weight excluding hydrogens is 294 g/mol. The summed E-state index contributed by atoms with van der Waals surface area (Å²) in [4.78, 5) is 12.6. The highest BCUT2D eigenvalue weighted by Crippen LogP contribution is 2.28. The number of benzene rings is 1. The summed E-state index contributed by atoms with van der Waals surface area (Å²) in [6.45, 7) is 2.53. The molecule has 23 heavy (non-hydrogen) atoms. The molecule has 1 aliphatic carbocycles. The van der Waals surface area contributed by atoms with Crippen molar-refractivity contribution >= 4 is 5.91 Å². The van der Waals surface area contributed by atoms with Crippen LogP contribution in [0.2, 0.25) is 0 Å². The van der Waals surface area contributed by atoms with Gasteiger partial charge in [-0.2, -0.15) is 0 Å². The highest BCUT2D eigenvalue weighted by Gasteiger charge is 2.27. The molecule has 0 spiro atoms. The Morgan fingerprint density at radius 3 is 2.96 bits per heavy atom. The number of ether oxygens (including phenoxy) is 1. The predicted molar refractivity (Wildman–Crippen MR) is 84.0 cm³/mol. The van der Waals surface area contributed by atoms with Gasteiger partial charge in [0.25, 0.3) is 0 Å². The van der Waals surface area contributed by atoms with E-state index in [1.807, 2.05) is 24.3 Å². The van der Waals surface area contributed by atoms with Crippen molar-refractivity contribution in [3.63, 3.8) is 0 Å². The molecule has 1 aliphatic rings. The van der Waals surface area contributed by atoms with E-state index in [0.717, 1.165) is 17.9 Å². The highest BCUT2D eigenvalue weighted by molar-refractivity contribution is 5.80. The average Bonchev–Trinajstić information content (AvgIpc) is 3.31. The summed E-state index contributed by atoms with van der Waals surface area (Å²) in [7, 11) is 1.63. The van der Waals surface area contributed by atoms with Crippen molar-refractivity contribution in [3.8, 4) is 5.75 Å². The van der Waals surface area contributed by atoms with Crippen molar-refractivity contribution < 1.29 is 9.53 Å². The van der Waals surface area contributed by atoms with Gasteiger partial charge in [0.15, 0.2) is 0 Å². The van der Waals surface area contributed by atoms with Gasteiger partial charge in [0.1, 0.15) is 17.6 Å². The number of tetrazole rings is 1. The molecule has 1 heterocycles. The van der Waals surface area contributed by atoms with E-state index in [0.29, 0.717) is 18.2 Å². The molecule has 0 unspecified atom stereocenters. The van der Waals surface area contributed by atoms with Gasteiger partial charge in [-0.15, -0.1) is 5.10 Å². The number of nitrogens with one attached hydrogen (secondary N) is 1. The van der Waals surface area contributed by atoms with Gasteiger partial charge >= 0.3 is 0 Å². The van der Waals surface area contributed by atoms with E-state index in [1.165, 1.54) is 12.8 Å². The Morgan fingerprint density at radius 1 is 1.48 bits per heavy atom. The van der Waals surface area contributed by atoms with Gasteiger partial charge in [0.05, 0.1) is 7.11 Å². The van der Waals surface area contributed by atoms with Gasteiger partial charge in [0.2, 0.25) is 5.91 Å². The molecule has 1 N–H and O–H groups in total. The van der Waals surface area contributed by atoms with Gasteiger partial charge in [-0.05, 0) is 53.8 Å². The first-order chi connectivity index (χ1) is 11.2. The highest BCUT2D eigenvalue weighted by atomic mass is 16.5. The first kappa shape index (κ1) is 15.5. The van der Waals surface area contributed by atoms with E-state index in [-0.39, 0.29) is 5.91 Å². The molecule has 0 radical (unpaired) electrons. The normalized spacial score (nSPS) is 15.2. The minimum absolute atomic E-state index is 0.0462. The molecular formula is C16H21N5O2. The Balaban J connectivity index is 1.78. The maximum absolute atomic E-state index is 12.6. The summed E-state index contributed by atoms with van der Waals surface area (Å²) in [5, 5.41) is 14.6. The molecule has 122 valence electrons.